The molecular weight excluding hydrogens is 310 g/mol. The predicted molar refractivity (Wildman–Crippen MR) is 95.8 cm³/mol. The SMILES string of the molecule is CSc1ccc(C(=O)NCCCC2CC3CCCC(C2)C3)s1. The van der Waals surface area contributed by atoms with Gasteiger partial charge >= 0.3 is 0 Å². The zero-order valence-corrected chi connectivity index (χ0v) is 15.1. The highest BCUT2D eigenvalue weighted by atomic mass is 32.2. The second-order valence-corrected chi connectivity index (χ2v) is 9.15. The Morgan fingerprint density at radius 3 is 2.73 bits per heavy atom. The van der Waals surface area contributed by atoms with Gasteiger partial charge in [-0.1, -0.05) is 19.3 Å². The molecule has 2 bridgehead atoms. The number of hydrogen-bond donors (Lipinski definition) is 1. The molecule has 1 aromatic heterocycles. The van der Waals surface area contributed by atoms with Crippen LogP contribution >= 0.6 is 23.1 Å². The van der Waals surface area contributed by atoms with Gasteiger partial charge in [-0.15, -0.1) is 23.1 Å². The van der Waals surface area contributed by atoms with Gasteiger partial charge in [0.05, 0.1) is 9.09 Å². The van der Waals surface area contributed by atoms with E-state index in [1.165, 1.54) is 49.2 Å². The highest BCUT2D eigenvalue weighted by Crippen LogP contribution is 2.43. The normalized spacial score (nSPS) is 27.6. The molecule has 2 aliphatic rings. The molecular formula is C18H27NOS2. The smallest absolute Gasteiger partial charge is 0.261 e. The monoisotopic (exact) mass is 337 g/mol. The number of nitrogens with one attached hydrogen (secondary N) is 1. The van der Waals surface area contributed by atoms with Gasteiger partial charge < -0.3 is 5.32 Å². The number of thioether (sulfide) groups is 1. The lowest BCUT2D eigenvalue weighted by Crippen LogP contribution is -2.28. The van der Waals surface area contributed by atoms with E-state index in [4.69, 9.17) is 0 Å². The topological polar surface area (TPSA) is 29.1 Å². The lowest BCUT2D eigenvalue weighted by molar-refractivity contribution is 0.0952. The van der Waals surface area contributed by atoms with Gasteiger partial charge in [0.2, 0.25) is 0 Å². The largest absolute Gasteiger partial charge is 0.351 e. The van der Waals surface area contributed by atoms with Crippen molar-refractivity contribution in [2.75, 3.05) is 12.8 Å². The maximum atomic E-state index is 12.1. The Balaban J connectivity index is 1.36. The summed E-state index contributed by atoms with van der Waals surface area (Å²) in [6, 6.07) is 3.97. The van der Waals surface area contributed by atoms with Crippen LogP contribution in [0, 0.1) is 17.8 Å². The van der Waals surface area contributed by atoms with Gasteiger partial charge in [0.25, 0.3) is 5.91 Å². The third kappa shape index (κ3) is 4.29. The van der Waals surface area contributed by atoms with E-state index in [1.54, 1.807) is 23.1 Å². The Morgan fingerprint density at radius 2 is 2.05 bits per heavy atom. The zero-order valence-electron chi connectivity index (χ0n) is 13.5. The van der Waals surface area contributed by atoms with Gasteiger partial charge in [-0.05, 0) is 68.2 Å². The first-order valence-electron chi connectivity index (χ1n) is 8.66. The third-order valence-electron chi connectivity index (χ3n) is 5.31. The van der Waals surface area contributed by atoms with E-state index in [0.717, 1.165) is 35.6 Å². The minimum absolute atomic E-state index is 0.103. The molecule has 122 valence electrons. The zero-order chi connectivity index (χ0) is 15.4. The molecule has 0 radical (unpaired) electrons. The maximum absolute atomic E-state index is 12.1. The molecule has 0 aromatic carbocycles. The Hall–Kier alpha value is -0.480. The summed E-state index contributed by atoms with van der Waals surface area (Å²) in [5.41, 5.74) is 0. The van der Waals surface area contributed by atoms with Crippen molar-refractivity contribution < 1.29 is 4.79 Å². The van der Waals surface area contributed by atoms with Gasteiger partial charge in [-0.3, -0.25) is 4.79 Å². The lowest BCUT2D eigenvalue weighted by atomic mass is 9.67. The minimum atomic E-state index is 0.103. The molecule has 1 amide bonds. The molecule has 1 aromatic rings. The number of carbonyl (C=O) groups is 1. The number of hydrogen-bond acceptors (Lipinski definition) is 3. The maximum Gasteiger partial charge on any atom is 0.261 e. The third-order valence-corrected chi connectivity index (χ3v) is 7.47. The van der Waals surface area contributed by atoms with Crippen molar-refractivity contribution in [3.8, 4) is 0 Å². The van der Waals surface area contributed by atoms with Crippen molar-refractivity contribution in [3.63, 3.8) is 0 Å². The van der Waals surface area contributed by atoms with Crippen LogP contribution in [0.3, 0.4) is 0 Å². The summed E-state index contributed by atoms with van der Waals surface area (Å²) in [6.07, 6.45) is 13.3. The summed E-state index contributed by atoms with van der Waals surface area (Å²) in [5, 5.41) is 3.09. The van der Waals surface area contributed by atoms with Crippen molar-refractivity contribution in [1.82, 2.24) is 5.32 Å². The van der Waals surface area contributed by atoms with Crippen molar-refractivity contribution in [1.29, 1.82) is 0 Å². The van der Waals surface area contributed by atoms with Crippen LogP contribution in [0.5, 0.6) is 0 Å². The lowest BCUT2D eigenvalue weighted by Gasteiger charge is -2.39. The fraction of sp³-hybridized carbons (Fsp3) is 0.722. The van der Waals surface area contributed by atoms with Crippen LogP contribution < -0.4 is 5.32 Å². The molecule has 1 N–H and O–H groups in total. The van der Waals surface area contributed by atoms with Crippen LogP contribution in [0.4, 0.5) is 0 Å². The molecule has 2 nitrogen and oxygen atoms in total. The van der Waals surface area contributed by atoms with Gasteiger partial charge in [0, 0.05) is 6.54 Å². The minimum Gasteiger partial charge on any atom is -0.351 e. The van der Waals surface area contributed by atoms with E-state index < -0.39 is 0 Å². The van der Waals surface area contributed by atoms with Crippen LogP contribution in [-0.4, -0.2) is 18.7 Å². The summed E-state index contributed by atoms with van der Waals surface area (Å²) < 4.78 is 1.21. The Labute approximate surface area is 142 Å². The fourth-order valence-corrected chi connectivity index (χ4v) is 5.80. The summed E-state index contributed by atoms with van der Waals surface area (Å²) in [4.78, 5) is 12.9. The number of thiophene rings is 1. The van der Waals surface area contributed by atoms with E-state index in [-0.39, 0.29) is 5.91 Å². The van der Waals surface area contributed by atoms with Gasteiger partial charge in [-0.25, -0.2) is 0 Å². The Bertz CT molecular complexity index is 487. The molecule has 4 heteroatoms. The van der Waals surface area contributed by atoms with E-state index in [0.29, 0.717) is 0 Å². The second kappa shape index (κ2) is 7.87. The summed E-state index contributed by atoms with van der Waals surface area (Å²) in [7, 11) is 0. The van der Waals surface area contributed by atoms with Crippen molar-refractivity contribution in [2.24, 2.45) is 17.8 Å². The van der Waals surface area contributed by atoms with Gasteiger partial charge in [-0.2, -0.15) is 0 Å². The first-order valence-corrected chi connectivity index (χ1v) is 10.7. The van der Waals surface area contributed by atoms with Crippen LogP contribution in [-0.2, 0) is 0 Å². The molecule has 1 heterocycles. The van der Waals surface area contributed by atoms with Crippen LogP contribution in [0.15, 0.2) is 16.3 Å². The summed E-state index contributed by atoms with van der Waals surface area (Å²) in [5.74, 6) is 3.06. The van der Waals surface area contributed by atoms with Crippen LogP contribution in [0.1, 0.15) is 61.0 Å². The number of amides is 1. The number of fused-ring (bicyclic) bond motifs is 2. The molecule has 2 saturated carbocycles. The quantitative estimate of drug-likeness (QED) is 0.571. The van der Waals surface area contributed by atoms with Gasteiger partial charge in [0.1, 0.15) is 0 Å². The highest BCUT2D eigenvalue weighted by Gasteiger charge is 2.31. The standard InChI is InChI=1S/C18H27NOS2/c1-21-17-8-7-16(22-17)18(20)19-9-3-6-15-11-13-4-2-5-14(10-13)12-15/h7-8,13-15H,2-6,9-12H2,1H3,(H,19,20). The van der Waals surface area contributed by atoms with E-state index in [2.05, 4.69) is 5.32 Å². The van der Waals surface area contributed by atoms with Crippen LogP contribution in [0.25, 0.3) is 0 Å². The Kier molecular flexibility index (Phi) is 5.86. The number of rotatable bonds is 6. The van der Waals surface area contributed by atoms with Crippen molar-refractivity contribution in [2.45, 2.75) is 55.6 Å². The molecule has 0 saturated heterocycles. The molecule has 2 aliphatic carbocycles. The molecule has 2 unspecified atom stereocenters. The average molecular weight is 338 g/mol. The molecule has 22 heavy (non-hydrogen) atoms. The van der Waals surface area contributed by atoms with E-state index in [1.807, 2.05) is 18.4 Å². The van der Waals surface area contributed by atoms with Crippen LogP contribution in [0.2, 0.25) is 0 Å². The molecule has 0 aliphatic heterocycles. The van der Waals surface area contributed by atoms with Crippen molar-refractivity contribution in [3.05, 3.63) is 17.0 Å². The van der Waals surface area contributed by atoms with Gasteiger partial charge in [0.15, 0.2) is 0 Å². The second-order valence-electron chi connectivity index (χ2n) is 6.96. The first-order chi connectivity index (χ1) is 10.7. The molecule has 0 spiro atoms. The predicted octanol–water partition coefficient (Wildman–Crippen LogP) is 5.20. The Morgan fingerprint density at radius 1 is 1.27 bits per heavy atom. The first kappa shape index (κ1) is 16.4. The summed E-state index contributed by atoms with van der Waals surface area (Å²) in [6.45, 7) is 0.831. The fourth-order valence-electron chi connectivity index (χ4n) is 4.34. The average Bonchev–Trinajstić information content (AvgIpc) is 3.00. The van der Waals surface area contributed by atoms with Crippen molar-refractivity contribution >= 4 is 29.0 Å². The summed E-state index contributed by atoms with van der Waals surface area (Å²) >= 11 is 3.29. The highest BCUT2D eigenvalue weighted by molar-refractivity contribution is 8.00. The molecule has 2 fully saturated rings. The van der Waals surface area contributed by atoms with E-state index >= 15 is 0 Å². The van der Waals surface area contributed by atoms with E-state index in [9.17, 15) is 4.79 Å². The molecule has 3 rings (SSSR count). The number of carbonyl (C=O) groups excluding carboxylic acids is 1. The molecule has 2 atom stereocenters.